The lowest BCUT2D eigenvalue weighted by molar-refractivity contribution is 0.439. The molecule has 4 heterocycles. The van der Waals surface area contributed by atoms with Crippen molar-refractivity contribution in [2.75, 3.05) is 9.80 Å². The first-order valence-electron chi connectivity index (χ1n) is 17.5. The van der Waals surface area contributed by atoms with Crippen LogP contribution in [0.2, 0.25) is 0 Å². The number of amidine groups is 1. The maximum atomic E-state index is 11.6. The van der Waals surface area contributed by atoms with Crippen LogP contribution in [0.25, 0.3) is 22.3 Å². The van der Waals surface area contributed by atoms with E-state index in [2.05, 4.69) is 70.8 Å². The molecule has 4 aromatic carbocycles. The molecule has 2 aromatic heterocycles. The highest BCUT2D eigenvalue weighted by atomic mass is 16.5. The standard InChI is InChI=1S/C44H40N6O2/c1-43(2,3)28-23-38(49-27-45-34-19-11-7-15-30(34)32-17-9-13-21-36(32)49)47-40(25-28)52-41-26-29(44(4,5)6)24-39(48-41)50-37-22-14-10-18-33(37)31-16-8-12-20-35(31)46-42(50)51/h7-27H,1-6H3,(H,46,51). The number of aromatic nitrogens is 2. The van der Waals surface area contributed by atoms with Crippen LogP contribution in [0.3, 0.4) is 0 Å². The second-order valence-corrected chi connectivity index (χ2v) is 15.1. The molecular formula is C44H40N6O2. The molecule has 8 heteroatoms. The van der Waals surface area contributed by atoms with E-state index < -0.39 is 0 Å². The predicted octanol–water partition coefficient (Wildman–Crippen LogP) is 11.7. The summed E-state index contributed by atoms with van der Waals surface area (Å²) in [6.45, 7) is 12.9. The number of benzene rings is 4. The third-order valence-electron chi connectivity index (χ3n) is 9.42. The van der Waals surface area contributed by atoms with Crippen LogP contribution in [-0.2, 0) is 10.8 Å². The second-order valence-electron chi connectivity index (χ2n) is 15.1. The van der Waals surface area contributed by atoms with Gasteiger partial charge in [0.15, 0.2) is 0 Å². The number of fused-ring (bicyclic) bond motifs is 6. The van der Waals surface area contributed by atoms with Crippen molar-refractivity contribution in [1.82, 2.24) is 9.97 Å². The van der Waals surface area contributed by atoms with E-state index in [1.165, 1.54) is 0 Å². The van der Waals surface area contributed by atoms with Gasteiger partial charge < -0.3 is 9.84 Å². The van der Waals surface area contributed by atoms with Crippen LogP contribution in [-0.4, -0.2) is 27.4 Å². The number of aliphatic imine (C=N–C) groups is 2. The second kappa shape index (κ2) is 12.5. The first-order chi connectivity index (χ1) is 24.9. The van der Waals surface area contributed by atoms with Crippen molar-refractivity contribution in [3.8, 4) is 34.0 Å². The van der Waals surface area contributed by atoms with Crippen LogP contribution >= 0.6 is 0 Å². The molecule has 8 nitrogen and oxygen atoms in total. The molecule has 2 aliphatic rings. The Kier molecular flexibility index (Phi) is 7.90. The van der Waals surface area contributed by atoms with Crippen molar-refractivity contribution in [1.29, 1.82) is 0 Å². The minimum absolute atomic E-state index is 0.183. The first kappa shape index (κ1) is 32.9. The van der Waals surface area contributed by atoms with Crippen LogP contribution in [0.15, 0.2) is 131 Å². The Bertz CT molecular complexity index is 2400. The molecule has 8 rings (SSSR count). The van der Waals surface area contributed by atoms with E-state index in [9.17, 15) is 5.11 Å². The van der Waals surface area contributed by atoms with E-state index in [1.807, 2.05) is 108 Å². The van der Waals surface area contributed by atoms with Crippen molar-refractivity contribution in [3.05, 3.63) is 132 Å². The summed E-state index contributed by atoms with van der Waals surface area (Å²) >= 11 is 0. The summed E-state index contributed by atoms with van der Waals surface area (Å²) in [7, 11) is 0. The Morgan fingerprint density at radius 3 is 1.65 bits per heavy atom. The molecule has 2 aliphatic heterocycles. The molecule has 52 heavy (non-hydrogen) atoms. The number of anilines is 4. The molecule has 0 fully saturated rings. The van der Waals surface area contributed by atoms with Crippen LogP contribution in [0.4, 0.5) is 34.4 Å². The lowest BCUT2D eigenvalue weighted by Gasteiger charge is -2.27. The smallest absolute Gasteiger partial charge is 0.300 e. The highest BCUT2D eigenvalue weighted by molar-refractivity contribution is 6.06. The van der Waals surface area contributed by atoms with Gasteiger partial charge in [0.1, 0.15) is 18.0 Å². The summed E-state index contributed by atoms with van der Waals surface area (Å²) in [6.07, 6.45) is 1.83. The van der Waals surface area contributed by atoms with Gasteiger partial charge in [-0.25, -0.2) is 9.89 Å². The van der Waals surface area contributed by atoms with Gasteiger partial charge in [0.2, 0.25) is 11.8 Å². The summed E-state index contributed by atoms with van der Waals surface area (Å²) in [5, 5.41) is 11.6. The van der Waals surface area contributed by atoms with Gasteiger partial charge in [-0.3, -0.25) is 4.90 Å². The van der Waals surface area contributed by atoms with E-state index in [-0.39, 0.29) is 16.9 Å². The Hall–Kier alpha value is -6.28. The summed E-state index contributed by atoms with van der Waals surface area (Å²) in [5.74, 6) is 1.88. The minimum atomic E-state index is -0.274. The maximum Gasteiger partial charge on any atom is 0.300 e. The highest BCUT2D eigenvalue weighted by Gasteiger charge is 2.29. The quantitative estimate of drug-likeness (QED) is 0.199. The third-order valence-corrected chi connectivity index (χ3v) is 9.42. The molecule has 0 amide bonds. The number of aliphatic hydroxyl groups is 1. The van der Waals surface area contributed by atoms with E-state index >= 15 is 0 Å². The summed E-state index contributed by atoms with van der Waals surface area (Å²) < 4.78 is 6.67. The van der Waals surface area contributed by atoms with E-state index in [0.29, 0.717) is 29.1 Å². The molecule has 0 radical (unpaired) electrons. The number of para-hydroxylation sites is 4. The van der Waals surface area contributed by atoms with Gasteiger partial charge in [-0.05, 0) is 58.4 Å². The fourth-order valence-electron chi connectivity index (χ4n) is 6.57. The van der Waals surface area contributed by atoms with Gasteiger partial charge in [0.25, 0.3) is 0 Å². The zero-order valence-corrected chi connectivity index (χ0v) is 30.2. The average Bonchev–Trinajstić information content (AvgIpc) is 3.36. The molecular weight excluding hydrogens is 645 g/mol. The van der Waals surface area contributed by atoms with Crippen molar-refractivity contribution < 1.29 is 9.84 Å². The van der Waals surface area contributed by atoms with Crippen molar-refractivity contribution in [2.24, 2.45) is 9.98 Å². The molecule has 258 valence electrons. The molecule has 0 unspecified atom stereocenters. The van der Waals surface area contributed by atoms with Crippen LogP contribution < -0.4 is 14.5 Å². The third kappa shape index (κ3) is 6.06. The molecule has 0 atom stereocenters. The highest BCUT2D eigenvalue weighted by Crippen LogP contribution is 2.45. The Labute approximate surface area is 304 Å². The van der Waals surface area contributed by atoms with Gasteiger partial charge in [-0.1, -0.05) is 114 Å². The van der Waals surface area contributed by atoms with Crippen LogP contribution in [0.5, 0.6) is 11.8 Å². The Morgan fingerprint density at radius 2 is 1.02 bits per heavy atom. The molecule has 0 saturated carbocycles. The first-order valence-corrected chi connectivity index (χ1v) is 17.5. The zero-order chi connectivity index (χ0) is 36.2. The van der Waals surface area contributed by atoms with E-state index in [0.717, 1.165) is 50.4 Å². The van der Waals surface area contributed by atoms with E-state index in [4.69, 9.17) is 19.7 Å². The fraction of sp³-hybridized carbons (Fsp3) is 0.182. The van der Waals surface area contributed by atoms with Crippen molar-refractivity contribution in [3.63, 3.8) is 0 Å². The van der Waals surface area contributed by atoms with Gasteiger partial charge >= 0.3 is 6.02 Å². The lowest BCUT2D eigenvalue weighted by atomic mass is 9.87. The molecule has 0 bridgehead atoms. The molecule has 0 spiro atoms. The minimum Gasteiger partial charge on any atom is -0.480 e. The van der Waals surface area contributed by atoms with Gasteiger partial charge in [0, 0.05) is 34.4 Å². The average molecular weight is 685 g/mol. The van der Waals surface area contributed by atoms with Crippen LogP contribution in [0.1, 0.15) is 52.7 Å². The summed E-state index contributed by atoms with van der Waals surface area (Å²) in [5.41, 5.74) is 8.78. The van der Waals surface area contributed by atoms with Gasteiger partial charge in [0.05, 0.1) is 22.7 Å². The normalized spacial score (nSPS) is 13.6. The number of nitrogens with zero attached hydrogens (tertiary/aromatic N) is 6. The molecule has 6 aromatic rings. The summed E-state index contributed by atoms with van der Waals surface area (Å²) in [6, 6.07) is 40.0. The largest absolute Gasteiger partial charge is 0.480 e. The number of pyridine rings is 2. The lowest BCUT2D eigenvalue weighted by Crippen LogP contribution is -2.27. The predicted molar refractivity (Wildman–Crippen MR) is 212 cm³/mol. The summed E-state index contributed by atoms with van der Waals surface area (Å²) in [4.78, 5) is 23.3. The van der Waals surface area contributed by atoms with Crippen molar-refractivity contribution >= 4 is 46.7 Å². The Morgan fingerprint density at radius 1 is 0.538 bits per heavy atom. The Balaban J connectivity index is 1.26. The fourth-order valence-corrected chi connectivity index (χ4v) is 6.57. The molecule has 1 N–H and O–H groups in total. The SMILES string of the molecule is CC(C)(C)c1cc(Oc2cc(C(C)(C)C)cc(N3C(O)=Nc4ccccc4-c4ccccc43)n2)nc(N2C=Nc3ccccc3-c3ccccc32)c1. The van der Waals surface area contributed by atoms with Gasteiger partial charge in [-0.2, -0.15) is 15.0 Å². The monoisotopic (exact) mass is 684 g/mol. The van der Waals surface area contributed by atoms with Gasteiger partial charge in [-0.15, -0.1) is 0 Å². The number of aliphatic hydroxyl groups excluding tert-OH is 1. The molecule has 0 saturated heterocycles. The number of ether oxygens (including phenoxy) is 1. The molecule has 0 aliphatic carbocycles. The maximum absolute atomic E-state index is 11.6. The zero-order valence-electron chi connectivity index (χ0n) is 30.2. The number of hydrogen-bond donors (Lipinski definition) is 1. The van der Waals surface area contributed by atoms with Crippen LogP contribution in [0, 0.1) is 0 Å². The van der Waals surface area contributed by atoms with Crippen molar-refractivity contribution in [2.45, 2.75) is 52.4 Å². The number of rotatable bonds is 4. The number of hydrogen-bond acceptors (Lipinski definition) is 7. The topological polar surface area (TPSA) is 86.4 Å². The van der Waals surface area contributed by atoms with E-state index in [1.54, 1.807) is 4.90 Å².